The van der Waals surface area contributed by atoms with Crippen LogP contribution in [-0.4, -0.2) is 63.8 Å². The lowest BCUT2D eigenvalue weighted by Gasteiger charge is -2.30. The summed E-state index contributed by atoms with van der Waals surface area (Å²) in [6, 6.07) is -0.285. The quantitative estimate of drug-likeness (QED) is 0.790. The Labute approximate surface area is 141 Å². The maximum absolute atomic E-state index is 12.5. The number of carbonyl (C=O) groups excluding carboxylic acids is 3. The summed E-state index contributed by atoms with van der Waals surface area (Å²) in [6.45, 7) is 4.09. The largest absolute Gasteiger partial charge is 0.341 e. The van der Waals surface area contributed by atoms with Crippen LogP contribution in [0.4, 0.5) is 4.79 Å². The van der Waals surface area contributed by atoms with Crippen LogP contribution in [0, 0.1) is 0 Å². The van der Waals surface area contributed by atoms with Crippen molar-refractivity contribution in [2.75, 3.05) is 25.4 Å². The van der Waals surface area contributed by atoms with Crippen molar-refractivity contribution in [1.82, 2.24) is 15.1 Å². The molecule has 1 atom stereocenters. The lowest BCUT2D eigenvalue weighted by Crippen LogP contribution is -2.44. The molecule has 2 saturated heterocycles. The van der Waals surface area contributed by atoms with Gasteiger partial charge in [0.2, 0.25) is 5.91 Å². The molecule has 0 aromatic rings. The summed E-state index contributed by atoms with van der Waals surface area (Å²) in [5.74, 6) is 1.04. The lowest BCUT2D eigenvalue weighted by atomic mass is 9.98. The van der Waals surface area contributed by atoms with Crippen molar-refractivity contribution < 1.29 is 14.4 Å². The summed E-state index contributed by atoms with van der Waals surface area (Å²) in [5, 5.41) is 3.36. The van der Waals surface area contributed by atoms with Crippen LogP contribution in [0.2, 0.25) is 0 Å². The highest BCUT2D eigenvalue weighted by Crippen LogP contribution is 2.35. The van der Waals surface area contributed by atoms with Crippen molar-refractivity contribution in [1.29, 1.82) is 0 Å². The fourth-order valence-corrected chi connectivity index (χ4v) is 4.80. The second-order valence-electron chi connectivity index (χ2n) is 6.80. The molecule has 2 aliphatic heterocycles. The molecule has 2 heterocycles. The minimum absolute atomic E-state index is 0.0876. The first-order chi connectivity index (χ1) is 11.0. The van der Waals surface area contributed by atoms with E-state index in [9.17, 15) is 14.4 Å². The highest BCUT2D eigenvalue weighted by Gasteiger charge is 2.52. The van der Waals surface area contributed by atoms with Crippen LogP contribution < -0.4 is 5.32 Å². The Balaban J connectivity index is 1.48. The average Bonchev–Trinajstić information content (AvgIpc) is 3.08. The van der Waals surface area contributed by atoms with Crippen LogP contribution in [0.1, 0.15) is 45.4 Å². The molecule has 7 heteroatoms. The van der Waals surface area contributed by atoms with Crippen molar-refractivity contribution in [2.45, 2.75) is 56.2 Å². The molecule has 0 aromatic carbocycles. The van der Waals surface area contributed by atoms with Crippen molar-refractivity contribution in [3.63, 3.8) is 0 Å². The van der Waals surface area contributed by atoms with E-state index in [1.165, 1.54) is 4.90 Å². The normalized spacial score (nSPS) is 26.9. The number of hydrogen-bond acceptors (Lipinski definition) is 4. The number of carbonyl (C=O) groups is 3. The molecule has 128 valence electrons. The standard InChI is InChI=1S/C16H25N3O3S/c1-12-11-18(9-10-23-12)13(20)5-4-8-19-14(21)16(17-15(19)22)6-2-3-7-16/h12H,2-11H2,1H3,(H,17,22)/t12-/m0/s1. The molecule has 0 unspecified atom stereocenters. The molecule has 4 amide bonds. The third kappa shape index (κ3) is 3.34. The topological polar surface area (TPSA) is 69.7 Å². The van der Waals surface area contributed by atoms with Gasteiger partial charge in [0.05, 0.1) is 0 Å². The summed E-state index contributed by atoms with van der Waals surface area (Å²) in [5.41, 5.74) is -0.638. The van der Waals surface area contributed by atoms with Gasteiger partial charge in [-0.3, -0.25) is 14.5 Å². The molecule has 1 spiro atoms. The van der Waals surface area contributed by atoms with Crippen molar-refractivity contribution in [2.24, 2.45) is 0 Å². The van der Waals surface area contributed by atoms with Crippen LogP contribution in [0.5, 0.6) is 0 Å². The van der Waals surface area contributed by atoms with E-state index in [1.54, 1.807) is 0 Å². The molecule has 23 heavy (non-hydrogen) atoms. The predicted octanol–water partition coefficient (Wildman–Crippen LogP) is 1.60. The Kier molecular flexibility index (Phi) is 4.85. The van der Waals surface area contributed by atoms with Gasteiger partial charge in [0, 0.05) is 37.1 Å². The Bertz CT molecular complexity index is 505. The lowest BCUT2D eigenvalue weighted by molar-refractivity contribution is -0.133. The number of nitrogens with one attached hydrogen (secondary N) is 1. The second-order valence-corrected chi connectivity index (χ2v) is 8.35. The second kappa shape index (κ2) is 6.71. The highest BCUT2D eigenvalue weighted by molar-refractivity contribution is 7.99. The van der Waals surface area contributed by atoms with Gasteiger partial charge in [-0.2, -0.15) is 11.8 Å². The molecule has 3 aliphatic rings. The number of hydrogen-bond donors (Lipinski definition) is 1. The molecule has 3 rings (SSSR count). The van der Waals surface area contributed by atoms with Gasteiger partial charge in [-0.1, -0.05) is 19.8 Å². The first-order valence-electron chi connectivity index (χ1n) is 8.55. The van der Waals surface area contributed by atoms with E-state index < -0.39 is 5.54 Å². The summed E-state index contributed by atoms with van der Waals surface area (Å²) in [7, 11) is 0. The summed E-state index contributed by atoms with van der Waals surface area (Å²) < 4.78 is 0. The predicted molar refractivity (Wildman–Crippen MR) is 89.2 cm³/mol. The zero-order valence-electron chi connectivity index (χ0n) is 13.7. The molecule has 3 fully saturated rings. The minimum Gasteiger partial charge on any atom is -0.341 e. The third-order valence-corrected chi connectivity index (χ3v) is 6.21. The van der Waals surface area contributed by atoms with Crippen molar-refractivity contribution in [3.8, 4) is 0 Å². The van der Waals surface area contributed by atoms with E-state index in [0.29, 0.717) is 24.6 Å². The van der Waals surface area contributed by atoms with E-state index in [-0.39, 0.29) is 17.8 Å². The Morgan fingerprint density at radius 2 is 2.09 bits per heavy atom. The minimum atomic E-state index is -0.638. The molecule has 1 aliphatic carbocycles. The van der Waals surface area contributed by atoms with E-state index >= 15 is 0 Å². The van der Waals surface area contributed by atoms with Crippen LogP contribution in [-0.2, 0) is 9.59 Å². The fraction of sp³-hybridized carbons (Fsp3) is 0.812. The molecule has 0 aromatic heterocycles. The van der Waals surface area contributed by atoms with Crippen molar-refractivity contribution in [3.05, 3.63) is 0 Å². The monoisotopic (exact) mass is 339 g/mol. The number of thioether (sulfide) groups is 1. The van der Waals surface area contributed by atoms with Gasteiger partial charge in [-0.05, 0) is 19.3 Å². The van der Waals surface area contributed by atoms with E-state index in [2.05, 4.69) is 12.2 Å². The molecule has 0 radical (unpaired) electrons. The Morgan fingerprint density at radius 3 is 2.78 bits per heavy atom. The molecule has 6 nitrogen and oxygen atoms in total. The van der Waals surface area contributed by atoms with E-state index in [4.69, 9.17) is 0 Å². The van der Waals surface area contributed by atoms with Gasteiger partial charge >= 0.3 is 6.03 Å². The average molecular weight is 339 g/mol. The number of nitrogens with zero attached hydrogens (tertiary/aromatic N) is 2. The number of rotatable bonds is 4. The zero-order valence-corrected chi connectivity index (χ0v) is 14.5. The number of urea groups is 1. The molecule has 1 N–H and O–H groups in total. The number of amides is 4. The van der Waals surface area contributed by atoms with Gasteiger partial charge in [-0.25, -0.2) is 4.79 Å². The van der Waals surface area contributed by atoms with Gasteiger partial charge in [0.15, 0.2) is 0 Å². The van der Waals surface area contributed by atoms with Gasteiger partial charge in [0.25, 0.3) is 5.91 Å². The summed E-state index contributed by atoms with van der Waals surface area (Å²) >= 11 is 1.89. The highest BCUT2D eigenvalue weighted by atomic mass is 32.2. The van der Waals surface area contributed by atoms with E-state index in [1.807, 2.05) is 16.7 Å². The summed E-state index contributed by atoms with van der Waals surface area (Å²) in [6.07, 6.45) is 4.42. The Morgan fingerprint density at radius 1 is 1.35 bits per heavy atom. The van der Waals surface area contributed by atoms with Gasteiger partial charge < -0.3 is 10.2 Å². The zero-order chi connectivity index (χ0) is 16.4. The SMILES string of the molecule is C[C@H]1CN(C(=O)CCCN2C(=O)NC3(CCCC3)C2=O)CCS1. The van der Waals surface area contributed by atoms with Crippen LogP contribution in [0.3, 0.4) is 0 Å². The first kappa shape index (κ1) is 16.6. The molecule has 0 bridgehead atoms. The molecular formula is C16H25N3O3S. The Hall–Kier alpha value is -1.24. The molecular weight excluding hydrogens is 314 g/mol. The van der Waals surface area contributed by atoms with Gasteiger partial charge in [-0.15, -0.1) is 0 Å². The van der Waals surface area contributed by atoms with Crippen LogP contribution in [0.15, 0.2) is 0 Å². The van der Waals surface area contributed by atoms with E-state index in [0.717, 1.165) is 44.5 Å². The first-order valence-corrected chi connectivity index (χ1v) is 9.60. The fourth-order valence-electron chi connectivity index (χ4n) is 3.79. The maximum atomic E-state index is 12.5. The smallest absolute Gasteiger partial charge is 0.325 e. The third-order valence-electron chi connectivity index (χ3n) is 5.07. The molecule has 1 saturated carbocycles. The van der Waals surface area contributed by atoms with Gasteiger partial charge in [0.1, 0.15) is 5.54 Å². The van der Waals surface area contributed by atoms with Crippen LogP contribution >= 0.6 is 11.8 Å². The maximum Gasteiger partial charge on any atom is 0.325 e. The number of imide groups is 1. The van der Waals surface area contributed by atoms with Crippen LogP contribution in [0.25, 0.3) is 0 Å². The van der Waals surface area contributed by atoms with Crippen molar-refractivity contribution >= 4 is 29.6 Å². The summed E-state index contributed by atoms with van der Waals surface area (Å²) in [4.78, 5) is 40.0.